The summed E-state index contributed by atoms with van der Waals surface area (Å²) < 4.78 is 0. The second-order valence-electron chi connectivity index (χ2n) is 5.27. The van der Waals surface area contributed by atoms with Crippen molar-refractivity contribution >= 4 is 17.7 Å². The van der Waals surface area contributed by atoms with Crippen LogP contribution in [0.15, 0.2) is 18.3 Å². The Labute approximate surface area is 117 Å². The van der Waals surface area contributed by atoms with Gasteiger partial charge in [0.25, 0.3) is 0 Å². The quantitative estimate of drug-likeness (QED) is 0.884. The first-order valence-corrected chi connectivity index (χ1v) is 6.89. The number of anilines is 1. The lowest BCUT2D eigenvalue weighted by atomic mass is 10.2. The molecular weight excluding hydrogens is 258 g/mol. The number of piperazine rings is 1. The van der Waals surface area contributed by atoms with Crippen LogP contribution in [0, 0.1) is 5.92 Å². The molecule has 6 heteroatoms. The summed E-state index contributed by atoms with van der Waals surface area (Å²) in [5, 5.41) is 9.19. The minimum Gasteiger partial charge on any atom is -0.478 e. The van der Waals surface area contributed by atoms with Crippen molar-refractivity contribution in [1.82, 2.24) is 9.88 Å². The molecule has 1 aromatic rings. The minimum absolute atomic E-state index is 0.217. The average molecular weight is 275 g/mol. The first-order valence-electron chi connectivity index (χ1n) is 6.89. The van der Waals surface area contributed by atoms with E-state index in [0.29, 0.717) is 32.0 Å². The van der Waals surface area contributed by atoms with Crippen LogP contribution in [0.1, 0.15) is 23.2 Å². The molecule has 1 saturated heterocycles. The van der Waals surface area contributed by atoms with Crippen LogP contribution in [0.25, 0.3) is 0 Å². The monoisotopic (exact) mass is 275 g/mol. The third kappa shape index (κ3) is 2.45. The van der Waals surface area contributed by atoms with Crippen LogP contribution < -0.4 is 4.90 Å². The van der Waals surface area contributed by atoms with Crippen LogP contribution in [0.4, 0.5) is 5.82 Å². The Morgan fingerprint density at radius 1 is 1.20 bits per heavy atom. The molecule has 0 atom stereocenters. The Balaban J connectivity index is 1.69. The zero-order valence-corrected chi connectivity index (χ0v) is 11.2. The van der Waals surface area contributed by atoms with Crippen LogP contribution >= 0.6 is 0 Å². The molecule has 0 spiro atoms. The van der Waals surface area contributed by atoms with Crippen molar-refractivity contribution in [3.05, 3.63) is 23.9 Å². The van der Waals surface area contributed by atoms with E-state index in [1.165, 1.54) is 0 Å². The van der Waals surface area contributed by atoms with E-state index in [1.54, 1.807) is 18.3 Å². The molecule has 0 radical (unpaired) electrons. The van der Waals surface area contributed by atoms with Gasteiger partial charge in [0.05, 0.1) is 0 Å². The summed E-state index contributed by atoms with van der Waals surface area (Å²) >= 11 is 0. The number of aromatic carboxylic acids is 1. The van der Waals surface area contributed by atoms with Gasteiger partial charge >= 0.3 is 5.97 Å². The van der Waals surface area contributed by atoms with Gasteiger partial charge in [0.1, 0.15) is 11.4 Å². The first kappa shape index (κ1) is 12.9. The maximum absolute atomic E-state index is 12.0. The van der Waals surface area contributed by atoms with Crippen molar-refractivity contribution in [1.29, 1.82) is 0 Å². The van der Waals surface area contributed by atoms with Gasteiger partial charge in [-0.3, -0.25) is 4.79 Å². The third-order valence-corrected chi connectivity index (χ3v) is 3.83. The van der Waals surface area contributed by atoms with E-state index in [4.69, 9.17) is 0 Å². The van der Waals surface area contributed by atoms with Crippen molar-refractivity contribution < 1.29 is 14.7 Å². The molecule has 2 heterocycles. The zero-order valence-electron chi connectivity index (χ0n) is 11.2. The fourth-order valence-electron chi connectivity index (χ4n) is 2.54. The number of carbonyl (C=O) groups is 2. The summed E-state index contributed by atoms with van der Waals surface area (Å²) in [6.45, 7) is 2.56. The number of aromatic nitrogens is 1. The van der Waals surface area contributed by atoms with Crippen molar-refractivity contribution in [2.45, 2.75) is 12.8 Å². The van der Waals surface area contributed by atoms with E-state index in [1.807, 2.05) is 9.80 Å². The molecule has 106 valence electrons. The highest BCUT2D eigenvalue weighted by Gasteiger charge is 2.35. The summed E-state index contributed by atoms with van der Waals surface area (Å²) in [6, 6.07) is 3.19. The predicted octanol–water partition coefficient (Wildman–Crippen LogP) is 0.838. The lowest BCUT2D eigenvalue weighted by Gasteiger charge is -2.36. The summed E-state index contributed by atoms with van der Waals surface area (Å²) in [6.07, 6.45) is 3.63. The number of nitrogens with zero attached hydrogens (tertiary/aromatic N) is 3. The average Bonchev–Trinajstić information content (AvgIpc) is 3.31. The molecule has 6 nitrogen and oxygen atoms in total. The highest BCUT2D eigenvalue weighted by atomic mass is 16.4. The standard InChI is InChI=1S/C14H17N3O3/c18-13(10-3-4-10)17-8-6-16(7-9-17)12-11(14(19)20)2-1-5-15-12/h1-2,5,10H,3-4,6-9H2,(H,19,20). The minimum atomic E-state index is -0.968. The van der Waals surface area contributed by atoms with E-state index in [-0.39, 0.29) is 17.4 Å². The number of hydrogen-bond acceptors (Lipinski definition) is 4. The molecule has 0 bridgehead atoms. The molecule has 0 aromatic carbocycles. The largest absolute Gasteiger partial charge is 0.478 e. The Bertz CT molecular complexity index is 534. The van der Waals surface area contributed by atoms with E-state index in [0.717, 1.165) is 12.8 Å². The molecule has 2 aliphatic rings. The second-order valence-corrected chi connectivity index (χ2v) is 5.27. The third-order valence-electron chi connectivity index (χ3n) is 3.83. The topological polar surface area (TPSA) is 73.7 Å². The number of hydrogen-bond donors (Lipinski definition) is 1. The van der Waals surface area contributed by atoms with Gasteiger partial charge in [-0.25, -0.2) is 9.78 Å². The first-order chi connectivity index (χ1) is 9.66. The van der Waals surface area contributed by atoms with Gasteiger partial charge in [0, 0.05) is 38.3 Å². The van der Waals surface area contributed by atoms with Crippen molar-refractivity contribution in [2.75, 3.05) is 31.1 Å². The normalized spacial score (nSPS) is 19.0. The number of carbonyl (C=O) groups excluding carboxylic acids is 1. The Kier molecular flexibility index (Phi) is 3.30. The number of amides is 1. The van der Waals surface area contributed by atoms with Crippen molar-refractivity contribution in [3.8, 4) is 0 Å². The summed E-state index contributed by atoms with van der Waals surface area (Å²) in [4.78, 5) is 31.2. The Morgan fingerprint density at radius 2 is 1.90 bits per heavy atom. The van der Waals surface area contributed by atoms with Crippen molar-refractivity contribution in [3.63, 3.8) is 0 Å². The number of carboxylic acid groups (broad SMARTS) is 1. The molecule has 2 fully saturated rings. The van der Waals surface area contributed by atoms with Gasteiger partial charge in [-0.05, 0) is 25.0 Å². The number of rotatable bonds is 3. The van der Waals surface area contributed by atoms with Crippen LogP contribution in [0.2, 0.25) is 0 Å². The van der Waals surface area contributed by atoms with Gasteiger partial charge in [0.15, 0.2) is 0 Å². The maximum atomic E-state index is 12.0. The lowest BCUT2D eigenvalue weighted by molar-refractivity contribution is -0.132. The van der Waals surface area contributed by atoms with Crippen LogP contribution in [-0.2, 0) is 4.79 Å². The Hall–Kier alpha value is -2.11. The smallest absolute Gasteiger partial charge is 0.339 e. The molecule has 3 rings (SSSR count). The fourth-order valence-corrected chi connectivity index (χ4v) is 2.54. The van der Waals surface area contributed by atoms with Crippen LogP contribution in [-0.4, -0.2) is 53.0 Å². The van der Waals surface area contributed by atoms with Crippen LogP contribution in [0.3, 0.4) is 0 Å². The van der Waals surface area contributed by atoms with Gasteiger partial charge < -0.3 is 14.9 Å². The molecule has 1 N–H and O–H groups in total. The van der Waals surface area contributed by atoms with Gasteiger partial charge in [0.2, 0.25) is 5.91 Å². The van der Waals surface area contributed by atoms with Gasteiger partial charge in [-0.15, -0.1) is 0 Å². The zero-order chi connectivity index (χ0) is 14.1. The highest BCUT2D eigenvalue weighted by molar-refractivity contribution is 5.93. The molecular formula is C14H17N3O3. The summed E-state index contributed by atoms with van der Waals surface area (Å²) in [5.74, 6) is 0.0261. The van der Waals surface area contributed by atoms with Gasteiger partial charge in [-0.1, -0.05) is 0 Å². The molecule has 20 heavy (non-hydrogen) atoms. The number of carboxylic acids is 1. The Morgan fingerprint density at radius 3 is 2.50 bits per heavy atom. The molecule has 1 aliphatic carbocycles. The van der Waals surface area contributed by atoms with Crippen molar-refractivity contribution in [2.24, 2.45) is 5.92 Å². The molecule has 1 aromatic heterocycles. The fraction of sp³-hybridized carbons (Fsp3) is 0.500. The van der Waals surface area contributed by atoms with E-state index < -0.39 is 5.97 Å². The lowest BCUT2D eigenvalue weighted by Crippen LogP contribution is -2.49. The van der Waals surface area contributed by atoms with Crippen LogP contribution in [0.5, 0.6) is 0 Å². The summed E-state index contributed by atoms with van der Waals surface area (Å²) in [7, 11) is 0. The predicted molar refractivity (Wildman–Crippen MR) is 72.7 cm³/mol. The number of pyridine rings is 1. The SMILES string of the molecule is O=C(O)c1cccnc1N1CCN(C(=O)C2CC2)CC1. The summed E-state index contributed by atoms with van der Waals surface area (Å²) in [5.41, 5.74) is 0.217. The highest BCUT2D eigenvalue weighted by Crippen LogP contribution is 2.31. The second kappa shape index (κ2) is 5.11. The molecule has 1 saturated carbocycles. The molecule has 1 amide bonds. The van der Waals surface area contributed by atoms with E-state index >= 15 is 0 Å². The van der Waals surface area contributed by atoms with E-state index in [9.17, 15) is 14.7 Å². The van der Waals surface area contributed by atoms with E-state index in [2.05, 4.69) is 4.98 Å². The van der Waals surface area contributed by atoms with Gasteiger partial charge in [-0.2, -0.15) is 0 Å². The molecule has 0 unspecified atom stereocenters. The maximum Gasteiger partial charge on any atom is 0.339 e. The molecule has 1 aliphatic heterocycles.